The van der Waals surface area contributed by atoms with Crippen molar-refractivity contribution in [2.45, 2.75) is 19.4 Å². The lowest BCUT2D eigenvalue weighted by molar-refractivity contribution is -0.384. The Labute approximate surface area is 116 Å². The van der Waals surface area contributed by atoms with Gasteiger partial charge in [-0.25, -0.2) is 0 Å². The van der Waals surface area contributed by atoms with E-state index in [1.54, 1.807) is 0 Å². The molecule has 0 N–H and O–H groups in total. The van der Waals surface area contributed by atoms with E-state index < -0.39 is 11.0 Å². The summed E-state index contributed by atoms with van der Waals surface area (Å²) in [5.41, 5.74) is 0.350. The predicted molar refractivity (Wildman–Crippen MR) is 72.0 cm³/mol. The Morgan fingerprint density at radius 3 is 2.85 bits per heavy atom. The van der Waals surface area contributed by atoms with E-state index in [2.05, 4.69) is 0 Å². The fraction of sp³-hybridized carbons (Fsp3) is 0.462. The Balaban J connectivity index is 2.41. The van der Waals surface area contributed by atoms with Crippen LogP contribution in [-0.2, 0) is 9.53 Å². The summed E-state index contributed by atoms with van der Waals surface area (Å²) in [6.45, 7) is 2.54. The molecule has 1 unspecified atom stereocenters. The Hall–Kier alpha value is -2.15. The first kappa shape index (κ1) is 14.3. The molecule has 2 rings (SSSR count). The number of carbonyl (C=O) groups excluding carboxylic acids is 1. The van der Waals surface area contributed by atoms with Crippen molar-refractivity contribution in [1.82, 2.24) is 0 Å². The quantitative estimate of drug-likeness (QED) is 0.606. The van der Waals surface area contributed by atoms with Crippen molar-refractivity contribution in [3.63, 3.8) is 0 Å². The number of methoxy groups -OCH3 is 1. The van der Waals surface area contributed by atoms with E-state index in [1.807, 2.05) is 6.92 Å². The summed E-state index contributed by atoms with van der Waals surface area (Å²) < 4.78 is 10.6. The molecule has 1 atom stereocenters. The summed E-state index contributed by atoms with van der Waals surface area (Å²) in [7, 11) is 1.54. The molecule has 108 valence electrons. The molecule has 0 saturated carbocycles. The maximum absolute atomic E-state index is 12.3. The minimum atomic E-state index is -0.555. The van der Waals surface area contributed by atoms with E-state index >= 15 is 0 Å². The van der Waals surface area contributed by atoms with E-state index in [0.29, 0.717) is 31.0 Å². The summed E-state index contributed by atoms with van der Waals surface area (Å²) in [5.74, 6) is 0.288. The Morgan fingerprint density at radius 2 is 2.25 bits per heavy atom. The molecular weight excluding hydrogens is 264 g/mol. The van der Waals surface area contributed by atoms with Crippen molar-refractivity contribution in [3.05, 3.63) is 28.3 Å². The van der Waals surface area contributed by atoms with Crippen LogP contribution in [0, 0.1) is 10.1 Å². The van der Waals surface area contributed by atoms with Gasteiger partial charge in [0.25, 0.3) is 11.6 Å². The number of ether oxygens (including phenoxy) is 2. The first-order chi connectivity index (χ1) is 9.58. The van der Waals surface area contributed by atoms with Gasteiger partial charge in [0.2, 0.25) is 0 Å². The molecule has 1 aliphatic rings. The minimum Gasteiger partial charge on any atom is -0.478 e. The van der Waals surface area contributed by atoms with Gasteiger partial charge in [0.1, 0.15) is 5.75 Å². The molecule has 0 radical (unpaired) electrons. The fourth-order valence-corrected chi connectivity index (χ4v) is 2.10. The monoisotopic (exact) mass is 280 g/mol. The molecule has 0 fully saturated rings. The smallest absolute Gasteiger partial charge is 0.271 e. The van der Waals surface area contributed by atoms with Crippen LogP contribution in [0.1, 0.15) is 13.3 Å². The van der Waals surface area contributed by atoms with Gasteiger partial charge in [-0.2, -0.15) is 0 Å². The van der Waals surface area contributed by atoms with E-state index in [4.69, 9.17) is 9.47 Å². The van der Waals surface area contributed by atoms with E-state index in [0.717, 1.165) is 0 Å². The molecular formula is C13H16N2O5. The summed E-state index contributed by atoms with van der Waals surface area (Å²) >= 11 is 0. The third kappa shape index (κ3) is 2.57. The van der Waals surface area contributed by atoms with Crippen LogP contribution in [0.4, 0.5) is 11.4 Å². The molecule has 0 saturated heterocycles. The summed E-state index contributed by atoms with van der Waals surface area (Å²) in [6.07, 6.45) is -0.0144. The molecule has 1 aromatic carbocycles. The molecule has 1 aromatic rings. The van der Waals surface area contributed by atoms with Crippen LogP contribution in [0.3, 0.4) is 0 Å². The first-order valence-corrected chi connectivity index (χ1v) is 6.34. The number of hydrogen-bond donors (Lipinski definition) is 0. The maximum atomic E-state index is 12.3. The zero-order valence-corrected chi connectivity index (χ0v) is 11.4. The van der Waals surface area contributed by atoms with Crippen molar-refractivity contribution < 1.29 is 19.2 Å². The van der Waals surface area contributed by atoms with Crippen molar-refractivity contribution in [3.8, 4) is 5.75 Å². The van der Waals surface area contributed by atoms with Crippen LogP contribution in [0.2, 0.25) is 0 Å². The van der Waals surface area contributed by atoms with Crippen molar-refractivity contribution in [2.24, 2.45) is 0 Å². The second-order valence-electron chi connectivity index (χ2n) is 4.41. The number of non-ortho nitro benzene ring substituents is 1. The third-order valence-corrected chi connectivity index (χ3v) is 3.14. The molecule has 1 aliphatic heterocycles. The zero-order valence-electron chi connectivity index (χ0n) is 11.4. The lowest BCUT2D eigenvalue weighted by Crippen LogP contribution is -2.46. The lowest BCUT2D eigenvalue weighted by atomic mass is 10.1. The first-order valence-electron chi connectivity index (χ1n) is 6.34. The van der Waals surface area contributed by atoms with Crippen molar-refractivity contribution >= 4 is 17.3 Å². The molecule has 7 nitrogen and oxygen atoms in total. The van der Waals surface area contributed by atoms with Gasteiger partial charge < -0.3 is 14.4 Å². The number of hydrogen-bond acceptors (Lipinski definition) is 5. The molecule has 0 bridgehead atoms. The van der Waals surface area contributed by atoms with Crippen LogP contribution in [-0.4, -0.2) is 37.2 Å². The normalized spacial score (nSPS) is 17.6. The summed E-state index contributed by atoms with van der Waals surface area (Å²) in [5, 5.41) is 10.8. The molecule has 0 spiro atoms. The largest absolute Gasteiger partial charge is 0.478 e. The van der Waals surface area contributed by atoms with Gasteiger partial charge in [-0.05, 0) is 12.5 Å². The van der Waals surface area contributed by atoms with Gasteiger partial charge in [0.15, 0.2) is 6.10 Å². The maximum Gasteiger partial charge on any atom is 0.271 e. The third-order valence-electron chi connectivity index (χ3n) is 3.14. The average Bonchev–Trinajstić information content (AvgIpc) is 2.45. The number of nitro benzene ring substituents is 1. The standard InChI is InChI=1S/C13H16N2O5/c1-3-11-13(16)14(6-7-19-2)10-8-9(15(17)18)4-5-12(10)20-11/h4-5,8,11H,3,6-7H2,1-2H3. The highest BCUT2D eigenvalue weighted by Gasteiger charge is 2.34. The number of nitro groups is 1. The number of fused-ring (bicyclic) bond motifs is 1. The minimum absolute atomic E-state index is 0.0717. The highest BCUT2D eigenvalue weighted by atomic mass is 16.6. The van der Waals surface area contributed by atoms with Crippen molar-refractivity contribution in [1.29, 1.82) is 0 Å². The number of amides is 1. The summed E-state index contributed by atoms with van der Waals surface area (Å²) in [6, 6.07) is 4.26. The Morgan fingerprint density at radius 1 is 1.50 bits per heavy atom. The molecule has 1 heterocycles. The van der Waals surface area contributed by atoms with Gasteiger partial charge in [-0.3, -0.25) is 14.9 Å². The predicted octanol–water partition coefficient (Wildman–Crippen LogP) is 1.75. The number of rotatable bonds is 5. The van der Waals surface area contributed by atoms with Crippen LogP contribution < -0.4 is 9.64 Å². The molecule has 0 aromatic heterocycles. The Kier molecular flexibility index (Phi) is 4.19. The number of benzene rings is 1. The zero-order chi connectivity index (χ0) is 14.7. The lowest BCUT2D eigenvalue weighted by Gasteiger charge is -2.33. The van der Waals surface area contributed by atoms with E-state index in [9.17, 15) is 14.9 Å². The Bertz CT molecular complexity index is 531. The van der Waals surface area contributed by atoms with Gasteiger partial charge in [0.05, 0.1) is 17.2 Å². The topological polar surface area (TPSA) is 81.9 Å². The van der Waals surface area contributed by atoms with Crippen molar-refractivity contribution in [2.75, 3.05) is 25.2 Å². The van der Waals surface area contributed by atoms with Crippen LogP contribution in [0.25, 0.3) is 0 Å². The second kappa shape index (κ2) is 5.87. The van der Waals surface area contributed by atoms with Gasteiger partial charge in [-0.1, -0.05) is 6.92 Å². The average molecular weight is 280 g/mol. The number of nitrogens with zero attached hydrogens (tertiary/aromatic N) is 2. The van der Waals surface area contributed by atoms with Gasteiger partial charge >= 0.3 is 0 Å². The fourth-order valence-electron chi connectivity index (χ4n) is 2.10. The second-order valence-corrected chi connectivity index (χ2v) is 4.41. The number of anilines is 1. The SMILES string of the molecule is CCC1Oc2ccc([N+](=O)[O-])cc2N(CCOC)C1=O. The molecule has 20 heavy (non-hydrogen) atoms. The van der Waals surface area contributed by atoms with E-state index in [-0.39, 0.29) is 11.6 Å². The van der Waals surface area contributed by atoms with Crippen LogP contribution in [0.15, 0.2) is 18.2 Å². The highest BCUT2D eigenvalue weighted by molar-refractivity contribution is 6.00. The van der Waals surface area contributed by atoms with Gasteiger partial charge in [0, 0.05) is 25.8 Å². The number of carbonyl (C=O) groups is 1. The van der Waals surface area contributed by atoms with Gasteiger partial charge in [-0.15, -0.1) is 0 Å². The van der Waals surface area contributed by atoms with E-state index in [1.165, 1.54) is 30.2 Å². The molecule has 0 aliphatic carbocycles. The van der Waals surface area contributed by atoms with Crippen LogP contribution in [0.5, 0.6) is 5.75 Å². The molecule has 1 amide bonds. The van der Waals surface area contributed by atoms with Crippen LogP contribution >= 0.6 is 0 Å². The molecule has 7 heteroatoms. The highest BCUT2D eigenvalue weighted by Crippen LogP contribution is 2.37. The summed E-state index contributed by atoms with van der Waals surface area (Å²) in [4.78, 5) is 24.1.